The molecule has 0 radical (unpaired) electrons. The molecule has 0 aromatic heterocycles. The van der Waals surface area contributed by atoms with E-state index in [1.165, 1.54) is 6.92 Å². The van der Waals surface area contributed by atoms with Crippen molar-refractivity contribution in [1.82, 2.24) is 5.32 Å². The topological polar surface area (TPSA) is 84.9 Å². The molecular formula is C10H19NO5. The summed E-state index contributed by atoms with van der Waals surface area (Å²) in [6, 6.07) is 0. The highest BCUT2D eigenvalue weighted by molar-refractivity contribution is 5.83. The summed E-state index contributed by atoms with van der Waals surface area (Å²) in [5.74, 6) is -0.930. The first kappa shape index (κ1) is 14.7. The number of ether oxygens (including phenoxy) is 2. The lowest BCUT2D eigenvalue weighted by atomic mass is 10.1. The summed E-state index contributed by atoms with van der Waals surface area (Å²) in [7, 11) is 1.12. The Balaban J connectivity index is 4.55. The van der Waals surface area contributed by atoms with Crippen molar-refractivity contribution in [2.75, 3.05) is 7.11 Å². The fourth-order valence-electron chi connectivity index (χ4n) is 0.925. The Kier molecular flexibility index (Phi) is 4.74. The second kappa shape index (κ2) is 5.16. The highest BCUT2D eigenvalue weighted by Gasteiger charge is 2.38. The number of rotatable bonds is 3. The number of hydrogen-bond acceptors (Lipinski definition) is 5. The van der Waals surface area contributed by atoms with Crippen molar-refractivity contribution >= 4 is 12.1 Å². The van der Waals surface area contributed by atoms with E-state index in [0.717, 1.165) is 7.11 Å². The molecule has 6 nitrogen and oxygen atoms in total. The van der Waals surface area contributed by atoms with Crippen LogP contribution >= 0.6 is 0 Å². The van der Waals surface area contributed by atoms with E-state index < -0.39 is 23.4 Å². The molecule has 0 saturated heterocycles. The predicted octanol–water partition coefficient (Wildman–Crippen LogP) is 0.783. The zero-order chi connectivity index (χ0) is 13.0. The van der Waals surface area contributed by atoms with Gasteiger partial charge in [-0.2, -0.15) is 0 Å². The molecule has 0 saturated carbocycles. The third-order valence-electron chi connectivity index (χ3n) is 1.74. The minimum absolute atomic E-state index is 0.0150. The average molecular weight is 233 g/mol. The van der Waals surface area contributed by atoms with Crippen LogP contribution in [0, 0.1) is 0 Å². The lowest BCUT2D eigenvalue weighted by molar-refractivity contribution is -0.166. The van der Waals surface area contributed by atoms with E-state index in [9.17, 15) is 14.7 Å². The van der Waals surface area contributed by atoms with Crippen molar-refractivity contribution in [1.29, 1.82) is 0 Å². The van der Waals surface area contributed by atoms with Crippen molar-refractivity contribution < 1.29 is 24.2 Å². The molecule has 0 rings (SSSR count). The van der Waals surface area contributed by atoms with Crippen LogP contribution in [0.2, 0.25) is 0 Å². The smallest absolute Gasteiger partial charge is 0.410 e. The monoisotopic (exact) mass is 233 g/mol. The summed E-state index contributed by atoms with van der Waals surface area (Å²) >= 11 is 0. The molecule has 0 spiro atoms. The number of nitrogens with one attached hydrogen (secondary N) is 1. The Bertz CT molecular complexity index is 271. The van der Waals surface area contributed by atoms with Gasteiger partial charge in [0.2, 0.25) is 5.72 Å². The summed E-state index contributed by atoms with van der Waals surface area (Å²) in [6.07, 6.45) is -0.888. The second-order valence-corrected chi connectivity index (χ2v) is 4.33. The van der Waals surface area contributed by atoms with Crippen molar-refractivity contribution in [2.45, 2.75) is 45.4 Å². The Labute approximate surface area is 94.9 Å². The molecule has 6 heteroatoms. The molecule has 0 aliphatic carbocycles. The Morgan fingerprint density at radius 3 is 2.12 bits per heavy atom. The summed E-state index contributed by atoms with van der Waals surface area (Å²) in [4.78, 5) is 22.6. The van der Waals surface area contributed by atoms with Gasteiger partial charge in [-0.25, -0.2) is 9.59 Å². The van der Waals surface area contributed by atoms with E-state index in [0.29, 0.717) is 0 Å². The van der Waals surface area contributed by atoms with Gasteiger partial charge in [0, 0.05) is 6.42 Å². The van der Waals surface area contributed by atoms with Gasteiger partial charge in [0.15, 0.2) is 0 Å². The minimum Gasteiger partial charge on any atom is -0.465 e. The van der Waals surface area contributed by atoms with Crippen molar-refractivity contribution in [2.24, 2.45) is 0 Å². The van der Waals surface area contributed by atoms with E-state index in [4.69, 9.17) is 4.74 Å². The fraction of sp³-hybridized carbons (Fsp3) is 0.800. The van der Waals surface area contributed by atoms with E-state index in [-0.39, 0.29) is 6.42 Å². The van der Waals surface area contributed by atoms with Gasteiger partial charge in [0.05, 0.1) is 7.11 Å². The Hall–Kier alpha value is -1.30. The van der Waals surface area contributed by atoms with Gasteiger partial charge in [0.25, 0.3) is 0 Å². The van der Waals surface area contributed by atoms with Crippen molar-refractivity contribution in [3.05, 3.63) is 0 Å². The van der Waals surface area contributed by atoms with Gasteiger partial charge in [-0.05, 0) is 20.8 Å². The average Bonchev–Trinajstić information content (AvgIpc) is 2.13. The number of carbonyl (C=O) groups excluding carboxylic acids is 2. The van der Waals surface area contributed by atoms with Crippen LogP contribution in [0.1, 0.15) is 34.1 Å². The number of hydrogen-bond donors (Lipinski definition) is 2. The van der Waals surface area contributed by atoms with Crippen molar-refractivity contribution in [3.63, 3.8) is 0 Å². The summed E-state index contributed by atoms with van der Waals surface area (Å²) in [5.41, 5.74) is -2.74. The van der Waals surface area contributed by atoms with Crippen LogP contribution in [-0.2, 0) is 14.3 Å². The highest BCUT2D eigenvalue weighted by Crippen LogP contribution is 2.11. The van der Waals surface area contributed by atoms with Crippen LogP contribution in [-0.4, -0.2) is 35.6 Å². The molecule has 0 aromatic rings. The Morgan fingerprint density at radius 2 is 1.81 bits per heavy atom. The lowest BCUT2D eigenvalue weighted by Gasteiger charge is -2.27. The molecule has 94 valence electrons. The molecule has 0 aromatic carbocycles. The lowest BCUT2D eigenvalue weighted by Crippen LogP contribution is -2.55. The third-order valence-corrected chi connectivity index (χ3v) is 1.74. The minimum atomic E-state index is -2.04. The van der Waals surface area contributed by atoms with Gasteiger partial charge in [-0.3, -0.25) is 5.32 Å². The first-order chi connectivity index (χ1) is 7.14. The standard InChI is InChI=1S/C10H19NO5/c1-6-10(14,7(12)15-5)11-8(13)16-9(2,3)4/h14H,6H2,1-5H3,(H,11,13). The van der Waals surface area contributed by atoms with Crippen LogP contribution in [0.3, 0.4) is 0 Å². The van der Waals surface area contributed by atoms with Crippen LogP contribution in [0.15, 0.2) is 0 Å². The van der Waals surface area contributed by atoms with Gasteiger partial charge >= 0.3 is 12.1 Å². The van der Waals surface area contributed by atoms with Gasteiger partial charge in [-0.1, -0.05) is 6.92 Å². The van der Waals surface area contributed by atoms with E-state index in [1.807, 2.05) is 0 Å². The maximum absolute atomic E-state index is 11.4. The molecular weight excluding hydrogens is 214 g/mol. The number of methoxy groups -OCH3 is 1. The first-order valence-corrected chi connectivity index (χ1v) is 4.96. The molecule has 0 aliphatic rings. The fourth-order valence-corrected chi connectivity index (χ4v) is 0.925. The quantitative estimate of drug-likeness (QED) is 0.556. The van der Waals surface area contributed by atoms with E-state index >= 15 is 0 Å². The van der Waals surface area contributed by atoms with Crippen LogP contribution in [0.4, 0.5) is 4.79 Å². The number of carbonyl (C=O) groups is 2. The third kappa shape index (κ3) is 4.48. The van der Waals surface area contributed by atoms with E-state index in [2.05, 4.69) is 10.1 Å². The van der Waals surface area contributed by atoms with Gasteiger partial charge < -0.3 is 14.6 Å². The van der Waals surface area contributed by atoms with Crippen LogP contribution in [0.25, 0.3) is 0 Å². The maximum atomic E-state index is 11.4. The summed E-state index contributed by atoms with van der Waals surface area (Å²) < 4.78 is 9.29. The maximum Gasteiger partial charge on any atom is 0.410 e. The molecule has 16 heavy (non-hydrogen) atoms. The Morgan fingerprint density at radius 1 is 1.31 bits per heavy atom. The number of aliphatic hydroxyl groups is 1. The molecule has 1 atom stereocenters. The normalized spacial score (nSPS) is 14.9. The van der Waals surface area contributed by atoms with Crippen molar-refractivity contribution in [3.8, 4) is 0 Å². The van der Waals surface area contributed by atoms with Gasteiger partial charge in [0.1, 0.15) is 5.60 Å². The zero-order valence-corrected chi connectivity index (χ0v) is 10.3. The molecule has 2 N–H and O–H groups in total. The zero-order valence-electron chi connectivity index (χ0n) is 10.3. The van der Waals surface area contributed by atoms with Crippen LogP contribution in [0.5, 0.6) is 0 Å². The SMILES string of the molecule is CCC(O)(NC(=O)OC(C)(C)C)C(=O)OC. The number of alkyl carbamates (subject to hydrolysis) is 1. The number of esters is 1. The predicted molar refractivity (Wildman–Crippen MR) is 56.6 cm³/mol. The summed E-state index contributed by atoms with van der Waals surface area (Å²) in [6.45, 7) is 6.56. The van der Waals surface area contributed by atoms with Crippen LogP contribution < -0.4 is 5.32 Å². The van der Waals surface area contributed by atoms with E-state index in [1.54, 1.807) is 20.8 Å². The van der Waals surface area contributed by atoms with Gasteiger partial charge in [-0.15, -0.1) is 0 Å². The first-order valence-electron chi connectivity index (χ1n) is 4.96. The molecule has 1 unspecified atom stereocenters. The highest BCUT2D eigenvalue weighted by atomic mass is 16.6. The molecule has 0 aliphatic heterocycles. The largest absolute Gasteiger partial charge is 0.465 e. The molecule has 0 heterocycles. The molecule has 0 bridgehead atoms. The summed E-state index contributed by atoms with van der Waals surface area (Å²) in [5, 5.41) is 11.8. The second-order valence-electron chi connectivity index (χ2n) is 4.33. The molecule has 1 amide bonds. The molecule has 0 fully saturated rings. The number of amides is 1.